The summed E-state index contributed by atoms with van der Waals surface area (Å²) in [5.41, 5.74) is 3.30. The smallest absolute Gasteiger partial charge is 0.224 e. The van der Waals surface area contributed by atoms with Gasteiger partial charge in [-0.3, -0.25) is 4.79 Å². The predicted molar refractivity (Wildman–Crippen MR) is 68.5 cm³/mol. The van der Waals surface area contributed by atoms with E-state index in [1.807, 2.05) is 0 Å². The first-order valence-corrected chi connectivity index (χ1v) is 6.09. The monoisotopic (exact) mass is 233 g/mol. The van der Waals surface area contributed by atoms with E-state index in [4.69, 9.17) is 4.74 Å². The van der Waals surface area contributed by atoms with Gasteiger partial charge in [0.25, 0.3) is 0 Å². The number of carbonyl (C=O) groups excluding carboxylic acids is 1. The zero-order chi connectivity index (χ0) is 12.4. The first kappa shape index (κ1) is 12.0. The molecular formula is C14H19NO2. The van der Waals surface area contributed by atoms with Crippen LogP contribution in [0, 0.1) is 5.92 Å². The van der Waals surface area contributed by atoms with Crippen LogP contribution in [0.25, 0.3) is 0 Å². The van der Waals surface area contributed by atoms with Crippen LogP contribution in [0.5, 0.6) is 5.75 Å². The van der Waals surface area contributed by atoms with Gasteiger partial charge < -0.3 is 10.1 Å². The zero-order valence-corrected chi connectivity index (χ0v) is 10.7. The SMILES string of the molecule is COc1cc2c(cc1CC(C)C)NC(=O)CC2. The second-order valence-electron chi connectivity index (χ2n) is 4.97. The molecule has 92 valence electrons. The third-order valence-corrected chi connectivity index (χ3v) is 3.03. The number of fused-ring (bicyclic) bond motifs is 1. The summed E-state index contributed by atoms with van der Waals surface area (Å²) >= 11 is 0. The Kier molecular flexibility index (Phi) is 3.36. The molecule has 0 aromatic heterocycles. The molecule has 0 spiro atoms. The molecule has 0 saturated heterocycles. The fourth-order valence-electron chi connectivity index (χ4n) is 2.24. The number of methoxy groups -OCH3 is 1. The second-order valence-corrected chi connectivity index (χ2v) is 4.97. The number of nitrogens with one attached hydrogen (secondary N) is 1. The maximum absolute atomic E-state index is 11.4. The summed E-state index contributed by atoms with van der Waals surface area (Å²) in [6.07, 6.45) is 2.34. The van der Waals surface area contributed by atoms with Gasteiger partial charge in [-0.05, 0) is 42.0 Å². The van der Waals surface area contributed by atoms with Crippen LogP contribution in [0.2, 0.25) is 0 Å². The number of ether oxygens (including phenoxy) is 1. The second kappa shape index (κ2) is 4.78. The maximum Gasteiger partial charge on any atom is 0.224 e. The van der Waals surface area contributed by atoms with Crippen LogP contribution in [0.15, 0.2) is 12.1 Å². The van der Waals surface area contributed by atoms with E-state index in [-0.39, 0.29) is 5.91 Å². The van der Waals surface area contributed by atoms with E-state index < -0.39 is 0 Å². The highest BCUT2D eigenvalue weighted by Crippen LogP contribution is 2.31. The minimum absolute atomic E-state index is 0.109. The molecule has 0 radical (unpaired) electrons. The van der Waals surface area contributed by atoms with Crippen LogP contribution in [-0.4, -0.2) is 13.0 Å². The lowest BCUT2D eigenvalue weighted by Crippen LogP contribution is -2.19. The normalized spacial score (nSPS) is 14.5. The molecular weight excluding hydrogens is 214 g/mol. The van der Waals surface area contributed by atoms with Gasteiger partial charge in [0.2, 0.25) is 5.91 Å². The Morgan fingerprint density at radius 3 is 2.76 bits per heavy atom. The van der Waals surface area contributed by atoms with Gasteiger partial charge in [-0.15, -0.1) is 0 Å². The largest absolute Gasteiger partial charge is 0.496 e. The van der Waals surface area contributed by atoms with Crippen molar-refractivity contribution in [1.82, 2.24) is 0 Å². The molecule has 1 aliphatic rings. The molecule has 2 rings (SSSR count). The molecule has 0 unspecified atom stereocenters. The number of hydrogen-bond acceptors (Lipinski definition) is 2. The summed E-state index contributed by atoms with van der Waals surface area (Å²) in [6.45, 7) is 4.36. The molecule has 1 aromatic carbocycles. The zero-order valence-electron chi connectivity index (χ0n) is 10.7. The van der Waals surface area contributed by atoms with E-state index in [0.29, 0.717) is 12.3 Å². The molecule has 3 heteroatoms. The number of aryl methyl sites for hydroxylation is 1. The molecule has 1 heterocycles. The van der Waals surface area contributed by atoms with Crippen molar-refractivity contribution in [2.75, 3.05) is 12.4 Å². The van der Waals surface area contributed by atoms with Gasteiger partial charge in [0.1, 0.15) is 5.75 Å². The first-order valence-electron chi connectivity index (χ1n) is 6.09. The quantitative estimate of drug-likeness (QED) is 0.871. The minimum atomic E-state index is 0.109. The van der Waals surface area contributed by atoms with Crippen molar-refractivity contribution < 1.29 is 9.53 Å². The molecule has 0 aliphatic carbocycles. The summed E-state index contributed by atoms with van der Waals surface area (Å²) in [7, 11) is 1.70. The highest BCUT2D eigenvalue weighted by atomic mass is 16.5. The Morgan fingerprint density at radius 1 is 1.35 bits per heavy atom. The van der Waals surface area contributed by atoms with E-state index >= 15 is 0 Å². The fraction of sp³-hybridized carbons (Fsp3) is 0.500. The molecule has 1 N–H and O–H groups in total. The van der Waals surface area contributed by atoms with E-state index in [9.17, 15) is 4.79 Å². The lowest BCUT2D eigenvalue weighted by molar-refractivity contribution is -0.116. The third kappa shape index (κ3) is 2.60. The van der Waals surface area contributed by atoms with Crippen molar-refractivity contribution in [2.24, 2.45) is 5.92 Å². The third-order valence-electron chi connectivity index (χ3n) is 3.03. The van der Waals surface area contributed by atoms with Crippen LogP contribution in [0.3, 0.4) is 0 Å². The Hall–Kier alpha value is -1.51. The number of carbonyl (C=O) groups is 1. The molecule has 0 bridgehead atoms. The Balaban J connectivity index is 2.38. The molecule has 17 heavy (non-hydrogen) atoms. The number of benzene rings is 1. The van der Waals surface area contributed by atoms with Gasteiger partial charge in [0.15, 0.2) is 0 Å². The average Bonchev–Trinajstić information content (AvgIpc) is 2.27. The predicted octanol–water partition coefficient (Wildman–Crippen LogP) is 2.78. The van der Waals surface area contributed by atoms with E-state index in [1.54, 1.807) is 7.11 Å². The van der Waals surface area contributed by atoms with Crippen molar-refractivity contribution in [3.8, 4) is 5.75 Å². The van der Waals surface area contributed by atoms with Crippen LogP contribution in [0.1, 0.15) is 31.4 Å². The van der Waals surface area contributed by atoms with Gasteiger partial charge >= 0.3 is 0 Å². The number of anilines is 1. The van der Waals surface area contributed by atoms with Crippen molar-refractivity contribution >= 4 is 11.6 Å². The van der Waals surface area contributed by atoms with E-state index in [0.717, 1.165) is 24.3 Å². The highest BCUT2D eigenvalue weighted by molar-refractivity contribution is 5.94. The lowest BCUT2D eigenvalue weighted by atomic mass is 9.95. The topological polar surface area (TPSA) is 38.3 Å². The van der Waals surface area contributed by atoms with Crippen molar-refractivity contribution in [1.29, 1.82) is 0 Å². The Morgan fingerprint density at radius 2 is 2.12 bits per heavy atom. The summed E-state index contributed by atoms with van der Waals surface area (Å²) < 4.78 is 5.43. The maximum atomic E-state index is 11.4. The molecule has 0 saturated carbocycles. The first-order chi connectivity index (χ1) is 8.10. The van der Waals surface area contributed by atoms with Crippen LogP contribution >= 0.6 is 0 Å². The minimum Gasteiger partial charge on any atom is -0.496 e. The number of hydrogen-bond donors (Lipinski definition) is 1. The number of amides is 1. The van der Waals surface area contributed by atoms with E-state index in [1.165, 1.54) is 11.1 Å². The van der Waals surface area contributed by atoms with Crippen molar-refractivity contribution in [2.45, 2.75) is 33.1 Å². The van der Waals surface area contributed by atoms with Crippen LogP contribution < -0.4 is 10.1 Å². The van der Waals surface area contributed by atoms with Gasteiger partial charge in [-0.25, -0.2) is 0 Å². The van der Waals surface area contributed by atoms with Crippen molar-refractivity contribution in [3.05, 3.63) is 23.3 Å². The Bertz CT molecular complexity index is 438. The standard InChI is InChI=1S/C14H19NO2/c1-9(2)6-11-7-12-10(8-13(11)17-3)4-5-14(16)15-12/h7-9H,4-6H2,1-3H3,(H,15,16). The summed E-state index contributed by atoms with van der Waals surface area (Å²) in [4.78, 5) is 11.4. The lowest BCUT2D eigenvalue weighted by Gasteiger charge is -2.20. The molecule has 3 nitrogen and oxygen atoms in total. The summed E-state index contributed by atoms with van der Waals surface area (Å²) in [5, 5.41) is 2.93. The highest BCUT2D eigenvalue weighted by Gasteiger charge is 2.18. The molecule has 1 aliphatic heterocycles. The average molecular weight is 233 g/mol. The number of rotatable bonds is 3. The molecule has 1 aromatic rings. The van der Waals surface area contributed by atoms with E-state index in [2.05, 4.69) is 31.3 Å². The fourth-order valence-corrected chi connectivity index (χ4v) is 2.24. The molecule has 0 atom stereocenters. The summed E-state index contributed by atoms with van der Waals surface area (Å²) in [6, 6.07) is 4.12. The summed E-state index contributed by atoms with van der Waals surface area (Å²) in [5.74, 6) is 1.62. The van der Waals surface area contributed by atoms with Gasteiger partial charge in [-0.1, -0.05) is 13.8 Å². The molecule has 0 fully saturated rings. The van der Waals surface area contributed by atoms with Crippen LogP contribution in [0.4, 0.5) is 5.69 Å². The van der Waals surface area contributed by atoms with Crippen molar-refractivity contribution in [3.63, 3.8) is 0 Å². The Labute approximate surface area is 102 Å². The van der Waals surface area contributed by atoms with Crippen LogP contribution in [-0.2, 0) is 17.6 Å². The van der Waals surface area contributed by atoms with Gasteiger partial charge in [-0.2, -0.15) is 0 Å². The molecule has 1 amide bonds. The van der Waals surface area contributed by atoms with Gasteiger partial charge in [0.05, 0.1) is 7.11 Å². The van der Waals surface area contributed by atoms with Gasteiger partial charge in [0, 0.05) is 12.1 Å².